The normalized spacial score (nSPS) is 13.1. The van der Waals surface area contributed by atoms with Gasteiger partial charge in [-0.05, 0) is 44.7 Å². The summed E-state index contributed by atoms with van der Waals surface area (Å²) in [6.07, 6.45) is 2.41. The summed E-state index contributed by atoms with van der Waals surface area (Å²) in [5.41, 5.74) is 4.18. The van der Waals surface area contributed by atoms with Crippen LogP contribution >= 0.6 is 0 Å². The Morgan fingerprint density at radius 1 is 1.06 bits per heavy atom. The molecule has 1 aromatic carbocycles. The number of hydrogen-bond donors (Lipinski definition) is 1. The molecule has 0 amide bonds. The van der Waals surface area contributed by atoms with Gasteiger partial charge in [-0.3, -0.25) is 0 Å². The van der Waals surface area contributed by atoms with E-state index in [1.54, 1.807) is 0 Å². The monoisotopic (exact) mass is 233 g/mol. The van der Waals surface area contributed by atoms with E-state index >= 15 is 0 Å². The zero-order valence-electron chi connectivity index (χ0n) is 12.0. The Bertz CT molecular complexity index is 321. The van der Waals surface area contributed by atoms with Gasteiger partial charge in [-0.25, -0.2) is 0 Å². The second kappa shape index (κ2) is 6.80. The Kier molecular flexibility index (Phi) is 5.70. The van der Waals surface area contributed by atoms with Crippen LogP contribution in [0.25, 0.3) is 0 Å². The molecule has 0 spiro atoms. The van der Waals surface area contributed by atoms with Gasteiger partial charge in [0, 0.05) is 6.04 Å². The molecule has 0 radical (unpaired) electrons. The lowest BCUT2D eigenvalue weighted by Crippen LogP contribution is -2.23. The minimum absolute atomic E-state index is 0.508. The standard InChI is InChI=1S/C16H27N/c1-6-7-17-16(8-12(2)3)15-10-13(4)9-14(5)11-15/h9-12,16-17H,6-8H2,1-5H3. The molecule has 0 aliphatic heterocycles. The second-order valence-corrected chi connectivity index (χ2v) is 5.56. The Labute approximate surface area is 107 Å². The van der Waals surface area contributed by atoms with Gasteiger partial charge in [0.05, 0.1) is 0 Å². The maximum atomic E-state index is 3.67. The molecule has 1 atom stereocenters. The van der Waals surface area contributed by atoms with Crippen molar-refractivity contribution in [1.82, 2.24) is 5.32 Å². The first kappa shape index (κ1) is 14.2. The zero-order valence-corrected chi connectivity index (χ0v) is 12.0. The highest BCUT2D eigenvalue weighted by atomic mass is 14.9. The molecule has 0 aliphatic carbocycles. The average Bonchev–Trinajstić information content (AvgIpc) is 2.22. The molecule has 0 bridgehead atoms. The summed E-state index contributed by atoms with van der Waals surface area (Å²) in [4.78, 5) is 0. The van der Waals surface area contributed by atoms with Crippen molar-refractivity contribution in [2.75, 3.05) is 6.54 Å². The predicted octanol–water partition coefficient (Wildman–Crippen LogP) is 4.39. The maximum absolute atomic E-state index is 3.67. The molecule has 1 nitrogen and oxygen atoms in total. The molecule has 0 aromatic heterocycles. The first-order valence-corrected chi connectivity index (χ1v) is 6.84. The van der Waals surface area contributed by atoms with E-state index in [9.17, 15) is 0 Å². The summed E-state index contributed by atoms with van der Waals surface area (Å²) >= 11 is 0. The van der Waals surface area contributed by atoms with E-state index in [1.807, 2.05) is 0 Å². The van der Waals surface area contributed by atoms with Crippen LogP contribution in [0.4, 0.5) is 0 Å². The molecule has 0 saturated carbocycles. The van der Waals surface area contributed by atoms with E-state index in [-0.39, 0.29) is 0 Å². The number of rotatable bonds is 6. The Morgan fingerprint density at radius 2 is 1.65 bits per heavy atom. The van der Waals surface area contributed by atoms with Crippen molar-refractivity contribution < 1.29 is 0 Å². The van der Waals surface area contributed by atoms with Crippen molar-refractivity contribution in [3.63, 3.8) is 0 Å². The quantitative estimate of drug-likeness (QED) is 0.768. The fourth-order valence-corrected chi connectivity index (χ4v) is 2.34. The van der Waals surface area contributed by atoms with Crippen molar-refractivity contribution >= 4 is 0 Å². The molecule has 0 aliphatic rings. The highest BCUT2D eigenvalue weighted by Gasteiger charge is 2.13. The van der Waals surface area contributed by atoms with Crippen LogP contribution in [0.3, 0.4) is 0 Å². The SMILES string of the molecule is CCCNC(CC(C)C)c1cc(C)cc(C)c1. The molecule has 96 valence electrons. The smallest absolute Gasteiger partial charge is 0.0322 e. The van der Waals surface area contributed by atoms with Crippen LogP contribution < -0.4 is 5.32 Å². The van der Waals surface area contributed by atoms with Crippen LogP contribution in [-0.2, 0) is 0 Å². The van der Waals surface area contributed by atoms with Crippen LogP contribution in [0.1, 0.15) is 56.3 Å². The van der Waals surface area contributed by atoms with Gasteiger partial charge in [0.25, 0.3) is 0 Å². The Hall–Kier alpha value is -0.820. The second-order valence-electron chi connectivity index (χ2n) is 5.56. The number of nitrogens with one attached hydrogen (secondary N) is 1. The van der Waals surface area contributed by atoms with Gasteiger partial charge in [0.1, 0.15) is 0 Å². The van der Waals surface area contributed by atoms with Crippen molar-refractivity contribution in [2.24, 2.45) is 5.92 Å². The lowest BCUT2D eigenvalue weighted by Gasteiger charge is -2.22. The van der Waals surface area contributed by atoms with Crippen LogP contribution in [0, 0.1) is 19.8 Å². The van der Waals surface area contributed by atoms with Gasteiger partial charge in [-0.2, -0.15) is 0 Å². The fraction of sp³-hybridized carbons (Fsp3) is 0.625. The number of benzene rings is 1. The summed E-state index contributed by atoms with van der Waals surface area (Å²) in [5, 5.41) is 3.67. The topological polar surface area (TPSA) is 12.0 Å². The van der Waals surface area contributed by atoms with Gasteiger partial charge < -0.3 is 5.32 Å². The van der Waals surface area contributed by atoms with Gasteiger partial charge in [0.15, 0.2) is 0 Å². The average molecular weight is 233 g/mol. The third-order valence-electron chi connectivity index (χ3n) is 2.99. The van der Waals surface area contributed by atoms with Crippen LogP contribution in [-0.4, -0.2) is 6.54 Å². The van der Waals surface area contributed by atoms with Crippen molar-refractivity contribution in [3.05, 3.63) is 34.9 Å². The molecule has 0 heterocycles. The summed E-state index contributed by atoms with van der Waals surface area (Å²) in [6.45, 7) is 12.3. The molecule has 1 N–H and O–H groups in total. The predicted molar refractivity (Wildman–Crippen MR) is 76.4 cm³/mol. The van der Waals surface area contributed by atoms with E-state index in [2.05, 4.69) is 58.1 Å². The summed E-state index contributed by atoms with van der Waals surface area (Å²) in [5.74, 6) is 0.727. The number of hydrogen-bond acceptors (Lipinski definition) is 1. The number of aryl methyl sites for hydroxylation is 2. The van der Waals surface area contributed by atoms with E-state index in [4.69, 9.17) is 0 Å². The van der Waals surface area contributed by atoms with E-state index in [0.29, 0.717) is 6.04 Å². The maximum Gasteiger partial charge on any atom is 0.0322 e. The molecule has 0 saturated heterocycles. The van der Waals surface area contributed by atoms with E-state index in [0.717, 1.165) is 12.5 Å². The highest BCUT2D eigenvalue weighted by molar-refractivity contribution is 5.30. The first-order valence-electron chi connectivity index (χ1n) is 6.84. The molecule has 17 heavy (non-hydrogen) atoms. The summed E-state index contributed by atoms with van der Waals surface area (Å²) in [7, 11) is 0. The molecule has 1 rings (SSSR count). The van der Waals surface area contributed by atoms with Gasteiger partial charge in [-0.15, -0.1) is 0 Å². The molecule has 1 aromatic rings. The van der Waals surface area contributed by atoms with Crippen LogP contribution in [0.5, 0.6) is 0 Å². The minimum Gasteiger partial charge on any atom is -0.310 e. The van der Waals surface area contributed by atoms with Crippen LogP contribution in [0.2, 0.25) is 0 Å². The lowest BCUT2D eigenvalue weighted by molar-refractivity contribution is 0.430. The summed E-state index contributed by atoms with van der Waals surface area (Å²) < 4.78 is 0. The van der Waals surface area contributed by atoms with Gasteiger partial charge in [0.2, 0.25) is 0 Å². The molecular formula is C16H27N. The molecule has 1 unspecified atom stereocenters. The van der Waals surface area contributed by atoms with Crippen molar-refractivity contribution in [3.8, 4) is 0 Å². The molecule has 1 heteroatoms. The Balaban J connectivity index is 2.86. The van der Waals surface area contributed by atoms with Gasteiger partial charge >= 0.3 is 0 Å². The largest absolute Gasteiger partial charge is 0.310 e. The molecule has 0 fully saturated rings. The van der Waals surface area contributed by atoms with Crippen LogP contribution in [0.15, 0.2) is 18.2 Å². The van der Waals surface area contributed by atoms with Crippen molar-refractivity contribution in [1.29, 1.82) is 0 Å². The fourth-order valence-electron chi connectivity index (χ4n) is 2.34. The van der Waals surface area contributed by atoms with E-state index in [1.165, 1.54) is 29.5 Å². The first-order chi connectivity index (χ1) is 8.02. The highest BCUT2D eigenvalue weighted by Crippen LogP contribution is 2.23. The van der Waals surface area contributed by atoms with Crippen molar-refractivity contribution in [2.45, 2.75) is 53.5 Å². The molecular weight excluding hydrogens is 206 g/mol. The third-order valence-corrected chi connectivity index (χ3v) is 2.99. The minimum atomic E-state index is 0.508. The Morgan fingerprint density at radius 3 is 2.12 bits per heavy atom. The summed E-state index contributed by atoms with van der Waals surface area (Å²) in [6, 6.07) is 7.40. The lowest BCUT2D eigenvalue weighted by atomic mass is 9.94. The zero-order chi connectivity index (χ0) is 12.8. The van der Waals surface area contributed by atoms with Gasteiger partial charge in [-0.1, -0.05) is 50.1 Å². The third kappa shape index (κ3) is 4.91. The van der Waals surface area contributed by atoms with E-state index < -0.39 is 0 Å².